The van der Waals surface area contributed by atoms with E-state index in [1.165, 1.54) is 4.31 Å². The Kier molecular flexibility index (Phi) is 3.56. The summed E-state index contributed by atoms with van der Waals surface area (Å²) in [7, 11) is -1.99. The van der Waals surface area contributed by atoms with E-state index in [4.69, 9.17) is 9.88 Å². The molecule has 8 nitrogen and oxygen atoms in total. The molecule has 2 aromatic rings. The Hall–Kier alpha value is -1.71. The maximum Gasteiger partial charge on any atom is 0.276 e. The van der Waals surface area contributed by atoms with E-state index in [1.807, 2.05) is 22.9 Å². The number of piperidine rings is 1. The summed E-state index contributed by atoms with van der Waals surface area (Å²) in [5.74, 6) is 0.735. The monoisotopic (exact) mass is 311 g/mol. The van der Waals surface area contributed by atoms with Gasteiger partial charge in [0.2, 0.25) is 0 Å². The van der Waals surface area contributed by atoms with E-state index in [0.29, 0.717) is 25.9 Å². The lowest BCUT2D eigenvalue weighted by Gasteiger charge is -2.29. The summed E-state index contributed by atoms with van der Waals surface area (Å²) in [4.78, 5) is 0. The molecular formula is C12H17N5O3S. The second-order valence-electron chi connectivity index (χ2n) is 5.06. The summed E-state index contributed by atoms with van der Waals surface area (Å²) in [5, 5.41) is 13.5. The van der Waals surface area contributed by atoms with Gasteiger partial charge in [0.25, 0.3) is 10.2 Å². The van der Waals surface area contributed by atoms with Gasteiger partial charge in [0.15, 0.2) is 0 Å². The van der Waals surface area contributed by atoms with Gasteiger partial charge in [-0.1, -0.05) is 5.21 Å². The van der Waals surface area contributed by atoms with Crippen LogP contribution in [0.5, 0.6) is 5.75 Å². The average Bonchev–Trinajstić information content (AvgIpc) is 2.89. The smallest absolute Gasteiger partial charge is 0.276 e. The molecule has 3 rings (SSSR count). The van der Waals surface area contributed by atoms with Crippen LogP contribution in [0, 0.1) is 0 Å². The van der Waals surface area contributed by atoms with Crippen molar-refractivity contribution in [2.75, 3.05) is 20.2 Å². The van der Waals surface area contributed by atoms with Crippen LogP contribution < -0.4 is 9.88 Å². The number of hydrogen-bond acceptors (Lipinski definition) is 5. The van der Waals surface area contributed by atoms with Crippen molar-refractivity contribution >= 4 is 21.2 Å². The first-order valence-corrected chi connectivity index (χ1v) is 8.16. The van der Waals surface area contributed by atoms with Crippen LogP contribution in [0.1, 0.15) is 18.9 Å². The van der Waals surface area contributed by atoms with E-state index in [2.05, 4.69) is 10.3 Å². The van der Waals surface area contributed by atoms with Crippen molar-refractivity contribution in [3.63, 3.8) is 0 Å². The Morgan fingerprint density at radius 1 is 1.33 bits per heavy atom. The van der Waals surface area contributed by atoms with Gasteiger partial charge in [-0.05, 0) is 25.0 Å². The third-order valence-electron chi connectivity index (χ3n) is 3.81. The zero-order valence-corrected chi connectivity index (χ0v) is 12.5. The second-order valence-corrected chi connectivity index (χ2v) is 6.61. The highest BCUT2D eigenvalue weighted by atomic mass is 32.2. The normalized spacial score (nSPS) is 18.2. The van der Waals surface area contributed by atoms with Crippen molar-refractivity contribution in [1.29, 1.82) is 0 Å². The van der Waals surface area contributed by atoms with Gasteiger partial charge in [-0.3, -0.25) is 0 Å². The van der Waals surface area contributed by atoms with Crippen LogP contribution in [0.15, 0.2) is 18.2 Å². The second kappa shape index (κ2) is 5.24. The molecule has 0 saturated carbocycles. The van der Waals surface area contributed by atoms with Crippen LogP contribution in [-0.2, 0) is 10.2 Å². The molecule has 0 amide bonds. The van der Waals surface area contributed by atoms with Gasteiger partial charge in [-0.2, -0.15) is 12.7 Å². The molecular weight excluding hydrogens is 294 g/mol. The first-order chi connectivity index (χ1) is 9.99. The summed E-state index contributed by atoms with van der Waals surface area (Å²) in [6.07, 6.45) is 1.34. The molecule has 114 valence electrons. The number of benzene rings is 1. The van der Waals surface area contributed by atoms with Crippen LogP contribution in [-0.4, -0.2) is 47.9 Å². The van der Waals surface area contributed by atoms with Gasteiger partial charge in [-0.25, -0.2) is 9.82 Å². The standard InChI is InChI=1S/C12H17N5O3S/c1-20-10-2-3-12-11(8-10)14-15-17(12)9-4-6-16(7-5-9)21(13,18)19/h2-3,8-9H,4-7H2,1H3,(H2,13,18,19). The minimum Gasteiger partial charge on any atom is -0.497 e. The van der Waals surface area contributed by atoms with E-state index >= 15 is 0 Å². The summed E-state index contributed by atoms with van der Waals surface area (Å²) in [6.45, 7) is 0.808. The van der Waals surface area contributed by atoms with E-state index in [-0.39, 0.29) is 6.04 Å². The number of nitrogens with two attached hydrogens (primary N) is 1. The molecule has 1 fully saturated rings. The highest BCUT2D eigenvalue weighted by Gasteiger charge is 2.27. The average molecular weight is 311 g/mol. The minimum absolute atomic E-state index is 0.126. The van der Waals surface area contributed by atoms with Crippen LogP contribution in [0.2, 0.25) is 0 Å². The molecule has 0 spiro atoms. The molecule has 0 radical (unpaired) electrons. The van der Waals surface area contributed by atoms with Crippen molar-refractivity contribution in [2.24, 2.45) is 5.14 Å². The van der Waals surface area contributed by atoms with Crippen LogP contribution in [0.25, 0.3) is 11.0 Å². The fourth-order valence-electron chi connectivity index (χ4n) is 2.66. The fourth-order valence-corrected chi connectivity index (χ4v) is 3.38. The van der Waals surface area contributed by atoms with Gasteiger partial charge in [-0.15, -0.1) is 5.10 Å². The molecule has 0 bridgehead atoms. The van der Waals surface area contributed by atoms with Gasteiger partial charge in [0.1, 0.15) is 11.3 Å². The largest absolute Gasteiger partial charge is 0.497 e. The zero-order valence-electron chi connectivity index (χ0n) is 11.6. The van der Waals surface area contributed by atoms with Gasteiger partial charge in [0.05, 0.1) is 18.7 Å². The molecule has 1 aliphatic rings. The highest BCUT2D eigenvalue weighted by molar-refractivity contribution is 7.86. The number of ether oxygens (including phenoxy) is 1. The lowest BCUT2D eigenvalue weighted by Crippen LogP contribution is -2.42. The van der Waals surface area contributed by atoms with Gasteiger partial charge < -0.3 is 4.74 Å². The molecule has 1 aromatic heterocycles. The van der Waals surface area contributed by atoms with Crippen LogP contribution in [0.4, 0.5) is 0 Å². The predicted octanol–water partition coefficient (Wildman–Crippen LogP) is 0.280. The number of fused-ring (bicyclic) bond motifs is 1. The Labute approximate surface area is 122 Å². The Balaban J connectivity index is 1.83. The molecule has 1 saturated heterocycles. The lowest BCUT2D eigenvalue weighted by molar-refractivity contribution is 0.263. The molecule has 0 unspecified atom stereocenters. The summed E-state index contributed by atoms with van der Waals surface area (Å²) in [5.41, 5.74) is 1.69. The topological polar surface area (TPSA) is 103 Å². The molecule has 0 aliphatic carbocycles. The summed E-state index contributed by atoms with van der Waals surface area (Å²) < 4.78 is 31.0. The molecule has 2 N–H and O–H groups in total. The van der Waals surface area contributed by atoms with Gasteiger partial charge in [0, 0.05) is 19.2 Å². The SMILES string of the molecule is COc1ccc2c(c1)nnn2C1CCN(S(N)(=O)=O)CC1. The number of hydrogen-bond donors (Lipinski definition) is 1. The van der Waals surface area contributed by atoms with Gasteiger partial charge >= 0.3 is 0 Å². The fraction of sp³-hybridized carbons (Fsp3) is 0.500. The number of methoxy groups -OCH3 is 1. The van der Waals surface area contributed by atoms with Crippen molar-refractivity contribution in [3.8, 4) is 5.75 Å². The summed E-state index contributed by atoms with van der Waals surface area (Å²) in [6, 6.07) is 5.74. The Morgan fingerprint density at radius 2 is 2.05 bits per heavy atom. The first-order valence-electron chi connectivity index (χ1n) is 6.66. The number of nitrogens with zero attached hydrogens (tertiary/aromatic N) is 4. The molecule has 2 heterocycles. The molecule has 21 heavy (non-hydrogen) atoms. The van der Waals surface area contributed by atoms with E-state index in [1.54, 1.807) is 7.11 Å². The van der Waals surface area contributed by atoms with E-state index in [9.17, 15) is 8.42 Å². The molecule has 1 aliphatic heterocycles. The molecule has 0 atom stereocenters. The van der Waals surface area contributed by atoms with Crippen LogP contribution in [0.3, 0.4) is 0 Å². The lowest BCUT2D eigenvalue weighted by atomic mass is 10.1. The molecule has 9 heteroatoms. The maximum absolute atomic E-state index is 11.3. The zero-order chi connectivity index (χ0) is 15.0. The minimum atomic E-state index is -3.60. The third kappa shape index (κ3) is 2.71. The first kappa shape index (κ1) is 14.2. The number of rotatable bonds is 3. The molecule has 1 aromatic carbocycles. The number of aromatic nitrogens is 3. The van der Waals surface area contributed by atoms with E-state index < -0.39 is 10.2 Å². The van der Waals surface area contributed by atoms with E-state index in [0.717, 1.165) is 16.8 Å². The van der Waals surface area contributed by atoms with Crippen molar-refractivity contribution in [2.45, 2.75) is 18.9 Å². The third-order valence-corrected chi connectivity index (χ3v) is 4.89. The van der Waals surface area contributed by atoms with Crippen molar-refractivity contribution < 1.29 is 13.2 Å². The summed E-state index contributed by atoms with van der Waals surface area (Å²) >= 11 is 0. The Morgan fingerprint density at radius 3 is 2.67 bits per heavy atom. The maximum atomic E-state index is 11.3. The van der Waals surface area contributed by atoms with Crippen LogP contribution >= 0.6 is 0 Å². The highest BCUT2D eigenvalue weighted by Crippen LogP contribution is 2.27. The predicted molar refractivity (Wildman–Crippen MR) is 77.0 cm³/mol. The van der Waals surface area contributed by atoms with Crippen molar-refractivity contribution in [1.82, 2.24) is 19.3 Å². The van der Waals surface area contributed by atoms with Crippen molar-refractivity contribution in [3.05, 3.63) is 18.2 Å². The Bertz CT molecular complexity index is 749. The quantitative estimate of drug-likeness (QED) is 0.877.